The highest BCUT2D eigenvalue weighted by atomic mass is 16.3. The van der Waals surface area contributed by atoms with Crippen molar-refractivity contribution in [1.29, 1.82) is 0 Å². The lowest BCUT2D eigenvalue weighted by atomic mass is 10.0. The number of carbonyl (C=O) groups is 2. The molecule has 0 heterocycles. The van der Waals surface area contributed by atoms with Gasteiger partial charge in [-0.05, 0) is 30.0 Å². The maximum absolute atomic E-state index is 11.5. The minimum Gasteiger partial charge on any atom is -0.396 e. The summed E-state index contributed by atoms with van der Waals surface area (Å²) in [6.45, 7) is 4.44. The van der Waals surface area contributed by atoms with E-state index >= 15 is 0 Å². The Bertz CT molecular complexity index is 427. The lowest BCUT2D eigenvalue weighted by Gasteiger charge is -2.08. The number of rotatable bonds is 5. The lowest BCUT2D eigenvalue weighted by Crippen LogP contribution is -2.36. The number of aliphatic hydroxyl groups excluding tert-OH is 1. The van der Waals surface area contributed by atoms with Gasteiger partial charge in [-0.25, -0.2) is 0 Å². The Morgan fingerprint density at radius 3 is 2.32 bits per heavy atom. The van der Waals surface area contributed by atoms with Crippen molar-refractivity contribution in [1.82, 2.24) is 5.32 Å². The molecule has 5 nitrogen and oxygen atoms in total. The van der Waals surface area contributed by atoms with E-state index in [0.29, 0.717) is 18.0 Å². The molecule has 5 heteroatoms. The molecule has 1 aromatic carbocycles. The SMILES string of the molecule is CC(C)c1ccc(NC(=O)C(=O)NCCCO)cc1. The maximum Gasteiger partial charge on any atom is 0.313 e. The van der Waals surface area contributed by atoms with Crippen LogP contribution >= 0.6 is 0 Å². The molecule has 0 aliphatic heterocycles. The average molecular weight is 264 g/mol. The van der Waals surface area contributed by atoms with Crippen molar-refractivity contribution in [3.8, 4) is 0 Å². The molecule has 104 valence electrons. The van der Waals surface area contributed by atoms with Crippen LogP contribution in [-0.4, -0.2) is 30.1 Å². The minimum absolute atomic E-state index is 0.0153. The molecular weight excluding hydrogens is 244 g/mol. The number of nitrogens with one attached hydrogen (secondary N) is 2. The van der Waals surface area contributed by atoms with Gasteiger partial charge in [-0.2, -0.15) is 0 Å². The quantitative estimate of drug-likeness (QED) is 0.553. The molecule has 1 rings (SSSR count). The first-order valence-electron chi connectivity index (χ1n) is 6.34. The van der Waals surface area contributed by atoms with Crippen molar-refractivity contribution in [2.75, 3.05) is 18.5 Å². The van der Waals surface area contributed by atoms with Gasteiger partial charge in [0.05, 0.1) is 0 Å². The minimum atomic E-state index is -0.699. The summed E-state index contributed by atoms with van der Waals surface area (Å²) in [4.78, 5) is 22.9. The van der Waals surface area contributed by atoms with E-state index < -0.39 is 11.8 Å². The summed E-state index contributed by atoms with van der Waals surface area (Å²) in [6.07, 6.45) is 0.433. The first-order valence-corrected chi connectivity index (χ1v) is 6.34. The molecule has 0 aliphatic rings. The van der Waals surface area contributed by atoms with Gasteiger partial charge in [0, 0.05) is 18.8 Å². The molecule has 0 aromatic heterocycles. The molecule has 2 amide bonds. The summed E-state index contributed by atoms with van der Waals surface area (Å²) < 4.78 is 0. The molecule has 0 spiro atoms. The number of aliphatic hydroxyl groups is 1. The molecule has 0 aliphatic carbocycles. The molecule has 3 N–H and O–H groups in total. The van der Waals surface area contributed by atoms with Gasteiger partial charge in [-0.15, -0.1) is 0 Å². The van der Waals surface area contributed by atoms with E-state index in [1.165, 1.54) is 5.56 Å². The highest BCUT2D eigenvalue weighted by Gasteiger charge is 2.12. The molecular formula is C14H20N2O3. The molecule has 0 atom stereocenters. The number of hydrogen-bond acceptors (Lipinski definition) is 3. The number of amides is 2. The van der Waals surface area contributed by atoms with Crippen LogP contribution in [0.5, 0.6) is 0 Å². The van der Waals surface area contributed by atoms with Gasteiger partial charge in [-0.3, -0.25) is 9.59 Å². The van der Waals surface area contributed by atoms with Crippen LogP contribution in [0, 0.1) is 0 Å². The van der Waals surface area contributed by atoms with Gasteiger partial charge in [0.15, 0.2) is 0 Å². The Hall–Kier alpha value is -1.88. The first kappa shape index (κ1) is 15.2. The number of hydrogen-bond donors (Lipinski definition) is 3. The van der Waals surface area contributed by atoms with E-state index in [2.05, 4.69) is 24.5 Å². The highest BCUT2D eigenvalue weighted by molar-refractivity contribution is 6.39. The Morgan fingerprint density at radius 2 is 1.79 bits per heavy atom. The third kappa shape index (κ3) is 5.09. The second kappa shape index (κ2) is 7.53. The molecule has 1 aromatic rings. The highest BCUT2D eigenvalue weighted by Crippen LogP contribution is 2.16. The van der Waals surface area contributed by atoms with Gasteiger partial charge >= 0.3 is 11.8 Å². The number of benzene rings is 1. The number of anilines is 1. The van der Waals surface area contributed by atoms with Crippen molar-refractivity contribution in [2.45, 2.75) is 26.2 Å². The van der Waals surface area contributed by atoms with Crippen LogP contribution in [0.3, 0.4) is 0 Å². The molecule has 0 saturated carbocycles. The first-order chi connectivity index (χ1) is 9.04. The van der Waals surface area contributed by atoms with Crippen LogP contribution in [0.25, 0.3) is 0 Å². The Labute approximate surface area is 113 Å². The molecule has 0 radical (unpaired) electrons. The zero-order chi connectivity index (χ0) is 14.3. The van der Waals surface area contributed by atoms with Crippen molar-refractivity contribution in [2.24, 2.45) is 0 Å². The lowest BCUT2D eigenvalue weighted by molar-refractivity contribution is -0.136. The predicted molar refractivity (Wildman–Crippen MR) is 73.9 cm³/mol. The zero-order valence-electron chi connectivity index (χ0n) is 11.3. The van der Waals surface area contributed by atoms with E-state index in [4.69, 9.17) is 5.11 Å². The molecule has 0 fully saturated rings. The van der Waals surface area contributed by atoms with E-state index in [0.717, 1.165) is 0 Å². The third-order valence-electron chi connectivity index (χ3n) is 2.66. The smallest absolute Gasteiger partial charge is 0.313 e. The summed E-state index contributed by atoms with van der Waals surface area (Å²) >= 11 is 0. The Morgan fingerprint density at radius 1 is 1.16 bits per heavy atom. The molecule has 19 heavy (non-hydrogen) atoms. The van der Waals surface area contributed by atoms with Crippen LogP contribution in [0.2, 0.25) is 0 Å². The standard InChI is InChI=1S/C14H20N2O3/c1-10(2)11-4-6-12(7-5-11)16-14(19)13(18)15-8-3-9-17/h4-7,10,17H,3,8-9H2,1-2H3,(H,15,18)(H,16,19). The Balaban J connectivity index is 2.49. The van der Waals surface area contributed by atoms with E-state index in [1.807, 2.05) is 12.1 Å². The normalized spacial score (nSPS) is 10.3. The second-order valence-corrected chi connectivity index (χ2v) is 4.56. The van der Waals surface area contributed by atoms with Gasteiger partial charge in [0.25, 0.3) is 0 Å². The van der Waals surface area contributed by atoms with E-state index in [1.54, 1.807) is 12.1 Å². The van der Waals surface area contributed by atoms with Crippen LogP contribution in [0.1, 0.15) is 31.7 Å². The molecule has 0 saturated heterocycles. The largest absolute Gasteiger partial charge is 0.396 e. The molecule has 0 unspecified atom stereocenters. The summed E-state index contributed by atoms with van der Waals surface area (Å²) in [5.74, 6) is -0.969. The van der Waals surface area contributed by atoms with E-state index in [-0.39, 0.29) is 13.2 Å². The average Bonchev–Trinajstić information content (AvgIpc) is 2.39. The van der Waals surface area contributed by atoms with Crippen molar-refractivity contribution in [3.63, 3.8) is 0 Å². The van der Waals surface area contributed by atoms with Gasteiger partial charge in [-0.1, -0.05) is 26.0 Å². The van der Waals surface area contributed by atoms with Gasteiger partial charge in [0.1, 0.15) is 0 Å². The van der Waals surface area contributed by atoms with Gasteiger partial charge in [0.2, 0.25) is 0 Å². The summed E-state index contributed by atoms with van der Waals surface area (Å²) in [6, 6.07) is 7.39. The summed E-state index contributed by atoms with van der Waals surface area (Å²) in [5.41, 5.74) is 1.76. The van der Waals surface area contributed by atoms with Gasteiger partial charge < -0.3 is 15.7 Å². The molecule has 0 bridgehead atoms. The fraction of sp³-hybridized carbons (Fsp3) is 0.429. The zero-order valence-corrected chi connectivity index (χ0v) is 11.3. The van der Waals surface area contributed by atoms with Crippen molar-refractivity contribution < 1.29 is 14.7 Å². The summed E-state index contributed by atoms with van der Waals surface area (Å²) in [7, 11) is 0. The third-order valence-corrected chi connectivity index (χ3v) is 2.66. The van der Waals surface area contributed by atoms with Crippen molar-refractivity contribution in [3.05, 3.63) is 29.8 Å². The van der Waals surface area contributed by atoms with Crippen LogP contribution < -0.4 is 10.6 Å². The fourth-order valence-corrected chi connectivity index (χ4v) is 1.50. The van der Waals surface area contributed by atoms with E-state index in [9.17, 15) is 9.59 Å². The second-order valence-electron chi connectivity index (χ2n) is 4.56. The maximum atomic E-state index is 11.5. The van der Waals surface area contributed by atoms with Crippen LogP contribution in [0.4, 0.5) is 5.69 Å². The predicted octanol–water partition coefficient (Wildman–Crippen LogP) is 1.25. The van der Waals surface area contributed by atoms with Crippen LogP contribution in [0.15, 0.2) is 24.3 Å². The topological polar surface area (TPSA) is 78.4 Å². The Kier molecular flexibility index (Phi) is 6.02. The van der Waals surface area contributed by atoms with Crippen molar-refractivity contribution >= 4 is 17.5 Å². The fourth-order valence-electron chi connectivity index (χ4n) is 1.50. The summed E-state index contributed by atoms with van der Waals surface area (Å²) in [5, 5.41) is 13.5. The number of carbonyl (C=O) groups excluding carboxylic acids is 2. The van der Waals surface area contributed by atoms with Crippen LogP contribution in [-0.2, 0) is 9.59 Å². The monoisotopic (exact) mass is 264 g/mol.